The molecular weight excluding hydrogens is 342 g/mol. The first-order valence-electron chi connectivity index (χ1n) is 10.0. The summed E-state index contributed by atoms with van der Waals surface area (Å²) in [5, 5.41) is 1.16. The van der Waals surface area contributed by atoms with E-state index < -0.39 is 0 Å². The van der Waals surface area contributed by atoms with Crippen LogP contribution in [0.4, 0.5) is 0 Å². The summed E-state index contributed by atoms with van der Waals surface area (Å²) in [5.41, 5.74) is 11.8. The van der Waals surface area contributed by atoms with Gasteiger partial charge in [-0.3, -0.25) is 4.98 Å². The Labute approximate surface area is 166 Å². The molecule has 2 aromatic carbocycles. The van der Waals surface area contributed by atoms with Crippen LogP contribution in [0.25, 0.3) is 33.3 Å². The fourth-order valence-corrected chi connectivity index (χ4v) is 3.58. The third kappa shape index (κ3) is 3.67. The minimum absolute atomic E-state index is 0.795. The average Bonchev–Trinajstić information content (AvgIpc) is 2.77. The molecule has 0 fully saturated rings. The van der Waals surface area contributed by atoms with Crippen LogP contribution in [0, 0.1) is 0 Å². The monoisotopic (exact) mass is 368 g/mol. The number of quaternary nitrogens is 1. The molecule has 140 valence electrons. The highest BCUT2D eigenvalue weighted by Crippen LogP contribution is 2.34. The first-order valence-corrected chi connectivity index (χ1v) is 10.0. The van der Waals surface area contributed by atoms with E-state index in [0.717, 1.165) is 59.2 Å². The molecule has 0 aliphatic carbocycles. The minimum Gasteiger partial charge on any atom is -0.354 e. The van der Waals surface area contributed by atoms with E-state index in [1.54, 1.807) is 0 Å². The molecular formula is C25H26N3+. The van der Waals surface area contributed by atoms with Crippen molar-refractivity contribution in [2.45, 2.75) is 32.7 Å². The Bertz CT molecular complexity index is 1070. The van der Waals surface area contributed by atoms with Gasteiger partial charge in [0.2, 0.25) is 0 Å². The molecule has 4 aromatic rings. The van der Waals surface area contributed by atoms with Gasteiger partial charge < -0.3 is 5.73 Å². The van der Waals surface area contributed by atoms with Gasteiger partial charge in [-0.05, 0) is 30.5 Å². The molecule has 2 heterocycles. The first kappa shape index (κ1) is 18.3. The van der Waals surface area contributed by atoms with Gasteiger partial charge in [-0.1, -0.05) is 67.9 Å². The maximum Gasteiger partial charge on any atom is 0.0997 e. The number of hydrogen-bond acceptors (Lipinski definition) is 2. The van der Waals surface area contributed by atoms with Crippen molar-refractivity contribution in [1.82, 2.24) is 9.97 Å². The van der Waals surface area contributed by atoms with Gasteiger partial charge in [0.15, 0.2) is 0 Å². The fraction of sp³-hybridized carbons (Fsp3) is 0.200. The highest BCUT2D eigenvalue weighted by atomic mass is 14.7. The van der Waals surface area contributed by atoms with Crippen LogP contribution in [0.1, 0.15) is 31.0 Å². The van der Waals surface area contributed by atoms with Gasteiger partial charge in [-0.2, -0.15) is 0 Å². The van der Waals surface area contributed by atoms with E-state index in [-0.39, 0.29) is 0 Å². The van der Waals surface area contributed by atoms with Crippen LogP contribution in [0.2, 0.25) is 0 Å². The smallest absolute Gasteiger partial charge is 0.0997 e. The van der Waals surface area contributed by atoms with Gasteiger partial charge in [-0.25, -0.2) is 4.98 Å². The number of aromatic nitrogens is 2. The van der Waals surface area contributed by atoms with E-state index in [0.29, 0.717) is 0 Å². The number of hydrogen-bond donors (Lipinski definition) is 1. The third-order valence-corrected chi connectivity index (χ3v) is 5.19. The van der Waals surface area contributed by atoms with Crippen molar-refractivity contribution < 1.29 is 5.73 Å². The molecule has 3 N–H and O–H groups in total. The van der Waals surface area contributed by atoms with Crippen molar-refractivity contribution in [2.75, 3.05) is 0 Å². The maximum absolute atomic E-state index is 5.09. The van der Waals surface area contributed by atoms with Gasteiger partial charge in [0.25, 0.3) is 0 Å². The summed E-state index contributed by atoms with van der Waals surface area (Å²) >= 11 is 0. The largest absolute Gasteiger partial charge is 0.354 e. The molecule has 0 unspecified atom stereocenters. The molecule has 0 aliphatic rings. The molecule has 0 aliphatic heterocycles. The number of benzene rings is 2. The van der Waals surface area contributed by atoms with E-state index in [2.05, 4.69) is 78.3 Å². The van der Waals surface area contributed by atoms with Crippen LogP contribution >= 0.6 is 0 Å². The van der Waals surface area contributed by atoms with Crippen LogP contribution in [-0.2, 0) is 13.0 Å². The van der Waals surface area contributed by atoms with Crippen LogP contribution < -0.4 is 5.73 Å². The van der Waals surface area contributed by atoms with Gasteiger partial charge >= 0.3 is 0 Å². The molecule has 0 atom stereocenters. The Morgan fingerprint density at radius 3 is 2.39 bits per heavy atom. The molecule has 2 aromatic heterocycles. The summed E-state index contributed by atoms with van der Waals surface area (Å²) in [4.78, 5) is 9.75. The quantitative estimate of drug-likeness (QED) is 0.518. The SMILES string of the molecule is CCCCc1nccc2nc(-c3ccc(C[NH3+])cc3)c(-c3ccccc3)cc12. The molecule has 0 saturated heterocycles. The lowest BCUT2D eigenvalue weighted by atomic mass is 9.96. The topological polar surface area (TPSA) is 53.4 Å². The number of rotatable bonds is 6. The number of nitrogens with zero attached hydrogens (tertiary/aromatic N) is 2. The highest BCUT2D eigenvalue weighted by Gasteiger charge is 2.14. The second kappa shape index (κ2) is 8.32. The van der Waals surface area contributed by atoms with Crippen LogP contribution in [0.3, 0.4) is 0 Å². The predicted octanol–water partition coefficient (Wildman–Crippen LogP) is 5.05. The Morgan fingerprint density at radius 2 is 1.68 bits per heavy atom. The van der Waals surface area contributed by atoms with Crippen molar-refractivity contribution in [3.05, 3.63) is 84.2 Å². The second-order valence-corrected chi connectivity index (χ2v) is 7.13. The standard InChI is InChI=1S/C25H25N3/c1-2-3-9-23-22-16-21(19-7-5-4-6-8-19)25(28-24(22)14-15-27-23)20-12-10-18(17-26)11-13-20/h4-8,10-16H,2-3,9,17,26H2,1H3/p+1. The average molecular weight is 369 g/mol. The van der Waals surface area contributed by atoms with E-state index in [4.69, 9.17) is 4.98 Å². The van der Waals surface area contributed by atoms with Crippen molar-refractivity contribution >= 4 is 10.9 Å². The second-order valence-electron chi connectivity index (χ2n) is 7.13. The van der Waals surface area contributed by atoms with Crippen molar-refractivity contribution in [3.8, 4) is 22.4 Å². The van der Waals surface area contributed by atoms with Gasteiger partial charge in [0, 0.05) is 34.0 Å². The summed E-state index contributed by atoms with van der Waals surface area (Å²) in [5.74, 6) is 0. The molecule has 0 saturated carbocycles. The Balaban J connectivity index is 1.94. The van der Waals surface area contributed by atoms with Gasteiger partial charge in [0.1, 0.15) is 0 Å². The molecule has 3 heteroatoms. The Kier molecular flexibility index (Phi) is 5.45. The fourth-order valence-electron chi connectivity index (χ4n) is 3.58. The highest BCUT2D eigenvalue weighted by molar-refractivity contribution is 5.92. The minimum atomic E-state index is 0.795. The van der Waals surface area contributed by atoms with Crippen molar-refractivity contribution in [1.29, 1.82) is 0 Å². The zero-order valence-corrected chi connectivity index (χ0v) is 16.4. The summed E-state index contributed by atoms with van der Waals surface area (Å²) in [6.45, 7) is 3.01. The van der Waals surface area contributed by atoms with Crippen LogP contribution in [-0.4, -0.2) is 9.97 Å². The molecule has 3 nitrogen and oxygen atoms in total. The lowest BCUT2D eigenvalue weighted by Crippen LogP contribution is -2.47. The van der Waals surface area contributed by atoms with E-state index in [9.17, 15) is 0 Å². The van der Waals surface area contributed by atoms with Crippen LogP contribution in [0.5, 0.6) is 0 Å². The van der Waals surface area contributed by atoms with Gasteiger partial charge in [-0.15, -0.1) is 0 Å². The predicted molar refractivity (Wildman–Crippen MR) is 116 cm³/mol. The van der Waals surface area contributed by atoms with Crippen LogP contribution in [0.15, 0.2) is 72.9 Å². The molecule has 0 bridgehead atoms. The molecule has 0 amide bonds. The Morgan fingerprint density at radius 1 is 0.893 bits per heavy atom. The lowest BCUT2D eigenvalue weighted by molar-refractivity contribution is -0.386. The normalized spacial score (nSPS) is 11.1. The van der Waals surface area contributed by atoms with Crippen molar-refractivity contribution in [3.63, 3.8) is 0 Å². The molecule has 4 rings (SSSR count). The maximum atomic E-state index is 5.09. The zero-order chi connectivity index (χ0) is 19.3. The Hall–Kier alpha value is -3.04. The van der Waals surface area contributed by atoms with E-state index in [1.165, 1.54) is 11.1 Å². The van der Waals surface area contributed by atoms with Crippen molar-refractivity contribution in [2.24, 2.45) is 0 Å². The number of aryl methyl sites for hydroxylation is 1. The van der Waals surface area contributed by atoms with E-state index in [1.807, 2.05) is 12.3 Å². The third-order valence-electron chi connectivity index (χ3n) is 5.19. The number of pyridine rings is 2. The summed E-state index contributed by atoms with van der Waals surface area (Å²) in [6.07, 6.45) is 5.17. The molecule has 28 heavy (non-hydrogen) atoms. The molecule has 0 spiro atoms. The summed E-state index contributed by atoms with van der Waals surface area (Å²) in [6, 6.07) is 23.4. The summed E-state index contributed by atoms with van der Waals surface area (Å²) in [7, 11) is 0. The molecule has 0 radical (unpaired) electrons. The first-order chi connectivity index (χ1) is 13.8. The number of fused-ring (bicyclic) bond motifs is 1. The number of unbranched alkanes of at least 4 members (excludes halogenated alkanes) is 1. The van der Waals surface area contributed by atoms with Gasteiger partial charge in [0.05, 0.1) is 17.8 Å². The lowest BCUT2D eigenvalue weighted by Gasteiger charge is -2.13. The zero-order valence-electron chi connectivity index (χ0n) is 16.4. The van der Waals surface area contributed by atoms with E-state index >= 15 is 0 Å². The summed E-state index contributed by atoms with van der Waals surface area (Å²) < 4.78 is 0.